The molecule has 3 heteroatoms. The van der Waals surface area contributed by atoms with Gasteiger partial charge in [0.2, 0.25) is 0 Å². The first-order valence-electron chi connectivity index (χ1n) is 7.03. The van der Waals surface area contributed by atoms with E-state index in [2.05, 4.69) is 20.8 Å². The van der Waals surface area contributed by atoms with Crippen molar-refractivity contribution in [1.82, 2.24) is 0 Å². The molecule has 17 heavy (non-hydrogen) atoms. The molecule has 1 aliphatic carbocycles. The third kappa shape index (κ3) is 3.57. The lowest BCUT2D eigenvalue weighted by Gasteiger charge is -2.38. The molecule has 1 heterocycles. The minimum Gasteiger partial charge on any atom is -0.392 e. The number of thioether (sulfide) groups is 2. The van der Waals surface area contributed by atoms with Crippen LogP contribution in [0.25, 0.3) is 0 Å². The van der Waals surface area contributed by atoms with Gasteiger partial charge in [0.1, 0.15) is 0 Å². The van der Waals surface area contributed by atoms with Crippen molar-refractivity contribution < 1.29 is 5.11 Å². The van der Waals surface area contributed by atoms with E-state index in [-0.39, 0.29) is 6.10 Å². The van der Waals surface area contributed by atoms with Crippen molar-refractivity contribution in [2.24, 2.45) is 11.8 Å². The average molecular weight is 274 g/mol. The average Bonchev–Trinajstić information content (AvgIpc) is 2.33. The van der Waals surface area contributed by atoms with Crippen LogP contribution in [0.3, 0.4) is 0 Å². The Kier molecular flexibility index (Phi) is 5.14. The van der Waals surface area contributed by atoms with E-state index in [1.165, 1.54) is 25.7 Å². The summed E-state index contributed by atoms with van der Waals surface area (Å²) in [6.45, 7) is 6.97. The fourth-order valence-electron chi connectivity index (χ4n) is 2.92. The summed E-state index contributed by atoms with van der Waals surface area (Å²) >= 11 is 4.07. The summed E-state index contributed by atoms with van der Waals surface area (Å²) in [7, 11) is 0. The first-order chi connectivity index (χ1) is 8.08. The molecular weight excluding hydrogens is 248 g/mol. The van der Waals surface area contributed by atoms with Gasteiger partial charge in [-0.05, 0) is 24.7 Å². The molecule has 4 unspecified atom stereocenters. The van der Waals surface area contributed by atoms with Crippen molar-refractivity contribution in [2.45, 2.75) is 68.3 Å². The lowest BCUT2D eigenvalue weighted by molar-refractivity contribution is 0.0777. The molecule has 1 N–H and O–H groups in total. The van der Waals surface area contributed by atoms with E-state index < -0.39 is 0 Å². The Hall–Kier alpha value is 0.660. The molecule has 0 aromatic heterocycles. The van der Waals surface area contributed by atoms with Crippen LogP contribution in [0, 0.1) is 11.8 Å². The van der Waals surface area contributed by atoms with Crippen LogP contribution in [0.4, 0.5) is 0 Å². The summed E-state index contributed by atoms with van der Waals surface area (Å²) in [4.78, 5) is 0. The van der Waals surface area contributed by atoms with Crippen LogP contribution < -0.4 is 0 Å². The molecule has 4 atom stereocenters. The quantitative estimate of drug-likeness (QED) is 0.827. The van der Waals surface area contributed by atoms with Crippen molar-refractivity contribution in [1.29, 1.82) is 0 Å². The van der Waals surface area contributed by atoms with Crippen molar-refractivity contribution in [3.05, 3.63) is 0 Å². The highest BCUT2D eigenvalue weighted by molar-refractivity contribution is 8.07. The molecule has 0 bridgehead atoms. The summed E-state index contributed by atoms with van der Waals surface area (Å²) in [6, 6.07) is 0. The second-order valence-electron chi connectivity index (χ2n) is 5.93. The third-order valence-electron chi connectivity index (χ3n) is 4.50. The Morgan fingerprint density at radius 2 is 1.65 bits per heavy atom. The Labute approximate surface area is 115 Å². The monoisotopic (exact) mass is 274 g/mol. The molecular formula is C14H26OS2. The molecule has 1 saturated heterocycles. The molecule has 1 nitrogen and oxygen atoms in total. The fraction of sp³-hybridized carbons (Fsp3) is 1.00. The van der Waals surface area contributed by atoms with Crippen LogP contribution in [0.2, 0.25) is 0 Å². The lowest BCUT2D eigenvalue weighted by atomic mass is 9.79. The number of aliphatic hydroxyl groups excluding tert-OH is 1. The standard InChI is InChI=1S/C14H26OS2/c1-9-4-6-12(7-5-9)14(15)13-8-16-10(2)11(3)17-13/h9-15H,4-8H2,1-3H3. The topological polar surface area (TPSA) is 20.2 Å². The van der Waals surface area contributed by atoms with Gasteiger partial charge in [0.25, 0.3) is 0 Å². The normalized spacial score (nSPS) is 45.5. The van der Waals surface area contributed by atoms with E-state index in [0.29, 0.717) is 16.4 Å². The molecule has 0 aromatic rings. The van der Waals surface area contributed by atoms with E-state index in [4.69, 9.17) is 0 Å². The second-order valence-corrected chi connectivity index (χ2v) is 8.96. The molecule has 1 aliphatic heterocycles. The minimum atomic E-state index is -0.0602. The van der Waals surface area contributed by atoms with Gasteiger partial charge in [0, 0.05) is 21.5 Å². The predicted octanol–water partition coefficient (Wildman–Crippen LogP) is 3.80. The highest BCUT2D eigenvalue weighted by atomic mass is 32.2. The van der Waals surface area contributed by atoms with Gasteiger partial charge in [-0.25, -0.2) is 0 Å². The van der Waals surface area contributed by atoms with Gasteiger partial charge < -0.3 is 5.11 Å². The zero-order chi connectivity index (χ0) is 12.4. The largest absolute Gasteiger partial charge is 0.392 e. The maximum atomic E-state index is 10.6. The van der Waals surface area contributed by atoms with Crippen molar-refractivity contribution in [3.63, 3.8) is 0 Å². The predicted molar refractivity (Wildman–Crippen MR) is 79.9 cm³/mol. The van der Waals surface area contributed by atoms with Crippen LogP contribution >= 0.6 is 23.5 Å². The van der Waals surface area contributed by atoms with Gasteiger partial charge in [-0.1, -0.05) is 33.6 Å². The zero-order valence-corrected chi connectivity index (χ0v) is 12.9. The van der Waals surface area contributed by atoms with Crippen LogP contribution in [-0.2, 0) is 0 Å². The molecule has 100 valence electrons. The lowest BCUT2D eigenvalue weighted by Crippen LogP contribution is -2.39. The molecule has 0 radical (unpaired) electrons. The molecule has 0 amide bonds. The van der Waals surface area contributed by atoms with Gasteiger partial charge >= 0.3 is 0 Å². The first kappa shape index (κ1) is 14.1. The third-order valence-corrected chi connectivity index (χ3v) is 8.00. The van der Waals surface area contributed by atoms with E-state index in [1.54, 1.807) is 0 Å². The molecule has 0 aromatic carbocycles. The zero-order valence-electron chi connectivity index (χ0n) is 11.3. The Morgan fingerprint density at radius 3 is 2.24 bits per heavy atom. The number of rotatable bonds is 2. The van der Waals surface area contributed by atoms with Crippen molar-refractivity contribution in [3.8, 4) is 0 Å². The Morgan fingerprint density at radius 1 is 1.00 bits per heavy atom. The smallest absolute Gasteiger partial charge is 0.0695 e. The molecule has 2 aliphatic rings. The number of hydrogen-bond acceptors (Lipinski definition) is 3. The summed E-state index contributed by atoms with van der Waals surface area (Å²) in [5.74, 6) is 2.60. The van der Waals surface area contributed by atoms with Crippen molar-refractivity contribution >= 4 is 23.5 Å². The van der Waals surface area contributed by atoms with Crippen LogP contribution in [-0.4, -0.2) is 32.7 Å². The highest BCUT2D eigenvalue weighted by Gasteiger charge is 2.35. The van der Waals surface area contributed by atoms with Crippen LogP contribution in [0.1, 0.15) is 46.5 Å². The van der Waals surface area contributed by atoms with E-state index in [1.807, 2.05) is 23.5 Å². The van der Waals surface area contributed by atoms with Crippen molar-refractivity contribution in [2.75, 3.05) is 5.75 Å². The first-order valence-corrected chi connectivity index (χ1v) is 9.02. The Balaban J connectivity index is 1.85. The highest BCUT2D eigenvalue weighted by Crippen LogP contribution is 2.41. The van der Waals surface area contributed by atoms with Gasteiger partial charge in [-0.2, -0.15) is 23.5 Å². The van der Waals surface area contributed by atoms with E-state index in [0.717, 1.165) is 16.9 Å². The minimum absolute atomic E-state index is 0.0602. The summed E-state index contributed by atoms with van der Waals surface area (Å²) in [6.07, 6.45) is 5.06. The maximum absolute atomic E-state index is 10.6. The van der Waals surface area contributed by atoms with Crippen LogP contribution in [0.5, 0.6) is 0 Å². The summed E-state index contributed by atoms with van der Waals surface area (Å²) < 4.78 is 0. The fourth-order valence-corrected chi connectivity index (χ4v) is 6.01. The second kappa shape index (κ2) is 6.21. The number of aliphatic hydroxyl groups is 1. The van der Waals surface area contributed by atoms with Gasteiger partial charge in [0.15, 0.2) is 0 Å². The molecule has 1 saturated carbocycles. The molecule has 2 rings (SSSR count). The maximum Gasteiger partial charge on any atom is 0.0695 e. The van der Waals surface area contributed by atoms with Crippen LogP contribution in [0.15, 0.2) is 0 Å². The SMILES string of the molecule is CC1CCC(C(O)C2CSC(C)C(C)S2)CC1. The Bertz CT molecular complexity index is 238. The summed E-state index contributed by atoms with van der Waals surface area (Å²) in [5.41, 5.74) is 0. The van der Waals surface area contributed by atoms with Gasteiger partial charge in [0.05, 0.1) is 6.10 Å². The van der Waals surface area contributed by atoms with E-state index >= 15 is 0 Å². The molecule has 2 fully saturated rings. The van der Waals surface area contributed by atoms with Gasteiger partial charge in [-0.15, -0.1) is 0 Å². The molecule has 0 spiro atoms. The van der Waals surface area contributed by atoms with Gasteiger partial charge in [-0.3, -0.25) is 0 Å². The summed E-state index contributed by atoms with van der Waals surface area (Å²) in [5, 5.41) is 12.5. The van der Waals surface area contributed by atoms with E-state index in [9.17, 15) is 5.11 Å². The number of hydrogen-bond donors (Lipinski definition) is 1.